The van der Waals surface area contributed by atoms with Gasteiger partial charge in [0.05, 0.1) is 12.5 Å². The predicted molar refractivity (Wildman–Crippen MR) is 94.0 cm³/mol. The van der Waals surface area contributed by atoms with Gasteiger partial charge in [0.25, 0.3) is 0 Å². The molecule has 2 rings (SSSR count). The molecule has 0 aromatic heterocycles. The minimum Gasteiger partial charge on any atom is -0.492 e. The second kappa shape index (κ2) is 8.18. The molecule has 0 saturated carbocycles. The minimum absolute atomic E-state index is 0.0617. The summed E-state index contributed by atoms with van der Waals surface area (Å²) in [5.41, 5.74) is 1.27. The zero-order valence-corrected chi connectivity index (χ0v) is 15.0. The van der Waals surface area contributed by atoms with Crippen LogP contribution in [0.3, 0.4) is 0 Å². The van der Waals surface area contributed by atoms with E-state index >= 15 is 0 Å². The molecular weight excluding hydrogens is 304 g/mol. The van der Waals surface area contributed by atoms with E-state index in [2.05, 4.69) is 31.3 Å². The number of ether oxygens (including phenoxy) is 1. The standard InChI is InChI=1S/C19H28N2O3/c1-13(2)15-5-7-17(8-6-15)24-10-9-20-19(23)16-11-18(22)21(12-16)14(3)4/h5-8,13-14,16H,9-12H2,1-4H3,(H,20,23)/t16-/m1/s1. The zero-order valence-electron chi connectivity index (χ0n) is 15.0. The van der Waals surface area contributed by atoms with Crippen LogP contribution in [0, 0.1) is 5.92 Å². The molecule has 0 bridgehead atoms. The molecule has 132 valence electrons. The van der Waals surface area contributed by atoms with Crippen LogP contribution in [0.1, 0.15) is 45.6 Å². The summed E-state index contributed by atoms with van der Waals surface area (Å²) in [5, 5.41) is 2.86. The predicted octanol–water partition coefficient (Wildman–Crippen LogP) is 2.56. The van der Waals surface area contributed by atoms with Crippen LogP contribution in [0.15, 0.2) is 24.3 Å². The highest BCUT2D eigenvalue weighted by Crippen LogP contribution is 2.20. The number of rotatable bonds is 7. The summed E-state index contributed by atoms with van der Waals surface area (Å²) in [5.74, 6) is 1.05. The van der Waals surface area contributed by atoms with Crippen LogP contribution in [0.5, 0.6) is 5.75 Å². The maximum absolute atomic E-state index is 12.1. The summed E-state index contributed by atoms with van der Waals surface area (Å²) >= 11 is 0. The number of hydrogen-bond donors (Lipinski definition) is 1. The molecular formula is C19H28N2O3. The summed E-state index contributed by atoms with van der Waals surface area (Å²) in [7, 11) is 0. The molecule has 2 amide bonds. The first-order chi connectivity index (χ1) is 11.4. The first-order valence-electron chi connectivity index (χ1n) is 8.68. The quantitative estimate of drug-likeness (QED) is 0.781. The highest BCUT2D eigenvalue weighted by molar-refractivity contribution is 5.89. The summed E-state index contributed by atoms with van der Waals surface area (Å²) in [6.45, 7) is 9.62. The van der Waals surface area contributed by atoms with Gasteiger partial charge >= 0.3 is 0 Å². The smallest absolute Gasteiger partial charge is 0.225 e. The summed E-state index contributed by atoms with van der Waals surface area (Å²) in [6.07, 6.45) is 0.307. The fourth-order valence-electron chi connectivity index (χ4n) is 2.84. The Labute approximate surface area is 144 Å². The van der Waals surface area contributed by atoms with E-state index in [4.69, 9.17) is 4.74 Å². The molecule has 1 atom stereocenters. The van der Waals surface area contributed by atoms with Gasteiger partial charge in [0, 0.05) is 19.0 Å². The van der Waals surface area contributed by atoms with Crippen molar-refractivity contribution in [3.05, 3.63) is 29.8 Å². The van der Waals surface area contributed by atoms with Crippen LogP contribution in [-0.2, 0) is 9.59 Å². The van der Waals surface area contributed by atoms with Crippen LogP contribution in [-0.4, -0.2) is 42.5 Å². The SMILES string of the molecule is CC(C)c1ccc(OCCNC(=O)[C@@H]2CC(=O)N(C(C)C)C2)cc1. The van der Waals surface area contributed by atoms with Gasteiger partial charge in [-0.2, -0.15) is 0 Å². The Morgan fingerprint density at radius 1 is 1.25 bits per heavy atom. The molecule has 5 heteroatoms. The third-order valence-corrected chi connectivity index (χ3v) is 4.37. The van der Waals surface area contributed by atoms with Crippen molar-refractivity contribution >= 4 is 11.8 Å². The van der Waals surface area contributed by atoms with Gasteiger partial charge in [-0.25, -0.2) is 0 Å². The highest BCUT2D eigenvalue weighted by atomic mass is 16.5. The summed E-state index contributed by atoms with van der Waals surface area (Å²) in [4.78, 5) is 25.7. The van der Waals surface area contributed by atoms with E-state index in [9.17, 15) is 9.59 Å². The first kappa shape index (κ1) is 18.3. The van der Waals surface area contributed by atoms with Crippen molar-refractivity contribution in [1.29, 1.82) is 0 Å². The van der Waals surface area contributed by atoms with E-state index in [-0.39, 0.29) is 23.8 Å². The van der Waals surface area contributed by atoms with Gasteiger partial charge in [0.2, 0.25) is 11.8 Å². The topological polar surface area (TPSA) is 58.6 Å². The highest BCUT2D eigenvalue weighted by Gasteiger charge is 2.35. The number of benzene rings is 1. The lowest BCUT2D eigenvalue weighted by molar-refractivity contribution is -0.129. The van der Waals surface area contributed by atoms with E-state index in [0.717, 1.165) is 5.75 Å². The molecule has 5 nitrogen and oxygen atoms in total. The van der Waals surface area contributed by atoms with Gasteiger partial charge in [0.15, 0.2) is 0 Å². The average molecular weight is 332 g/mol. The minimum atomic E-state index is -0.245. The van der Waals surface area contributed by atoms with E-state index < -0.39 is 0 Å². The fraction of sp³-hybridized carbons (Fsp3) is 0.579. The van der Waals surface area contributed by atoms with Gasteiger partial charge in [0.1, 0.15) is 12.4 Å². The number of nitrogens with one attached hydrogen (secondary N) is 1. The molecule has 1 aliphatic rings. The Hall–Kier alpha value is -2.04. The normalized spacial score (nSPS) is 17.7. The maximum atomic E-state index is 12.1. The third kappa shape index (κ3) is 4.73. The number of amides is 2. The van der Waals surface area contributed by atoms with E-state index in [0.29, 0.717) is 32.0 Å². The molecule has 1 fully saturated rings. The molecule has 1 aliphatic heterocycles. The largest absolute Gasteiger partial charge is 0.492 e. The zero-order chi connectivity index (χ0) is 17.7. The van der Waals surface area contributed by atoms with E-state index in [1.165, 1.54) is 5.56 Å². The van der Waals surface area contributed by atoms with Crippen molar-refractivity contribution in [2.24, 2.45) is 5.92 Å². The van der Waals surface area contributed by atoms with Crippen LogP contribution in [0.2, 0.25) is 0 Å². The Bertz CT molecular complexity index is 566. The van der Waals surface area contributed by atoms with Gasteiger partial charge < -0.3 is 15.0 Å². The van der Waals surface area contributed by atoms with Crippen LogP contribution >= 0.6 is 0 Å². The van der Waals surface area contributed by atoms with Gasteiger partial charge in [-0.15, -0.1) is 0 Å². The van der Waals surface area contributed by atoms with Crippen molar-refractivity contribution in [1.82, 2.24) is 10.2 Å². The Balaban J connectivity index is 1.70. The van der Waals surface area contributed by atoms with Crippen LogP contribution in [0.25, 0.3) is 0 Å². The lowest BCUT2D eigenvalue weighted by Gasteiger charge is -2.20. The summed E-state index contributed by atoms with van der Waals surface area (Å²) < 4.78 is 5.64. The molecule has 24 heavy (non-hydrogen) atoms. The van der Waals surface area contributed by atoms with Crippen molar-refractivity contribution in [3.8, 4) is 5.75 Å². The van der Waals surface area contributed by atoms with Crippen molar-refractivity contribution in [2.45, 2.75) is 46.1 Å². The van der Waals surface area contributed by atoms with Crippen molar-refractivity contribution in [3.63, 3.8) is 0 Å². The number of carbonyl (C=O) groups excluding carboxylic acids is 2. The number of nitrogens with zero attached hydrogens (tertiary/aromatic N) is 1. The molecule has 1 saturated heterocycles. The lowest BCUT2D eigenvalue weighted by Crippen LogP contribution is -2.36. The van der Waals surface area contributed by atoms with Crippen LogP contribution < -0.4 is 10.1 Å². The molecule has 1 N–H and O–H groups in total. The van der Waals surface area contributed by atoms with Crippen molar-refractivity contribution in [2.75, 3.05) is 19.7 Å². The Morgan fingerprint density at radius 3 is 2.46 bits per heavy atom. The fourth-order valence-corrected chi connectivity index (χ4v) is 2.84. The molecule has 0 radical (unpaired) electrons. The van der Waals surface area contributed by atoms with Gasteiger partial charge in [-0.1, -0.05) is 26.0 Å². The molecule has 0 aliphatic carbocycles. The second-order valence-electron chi connectivity index (χ2n) is 6.90. The van der Waals surface area contributed by atoms with E-state index in [1.54, 1.807) is 4.90 Å². The molecule has 1 aromatic carbocycles. The first-order valence-corrected chi connectivity index (χ1v) is 8.68. The number of likely N-dealkylation sites (tertiary alicyclic amines) is 1. The third-order valence-electron chi connectivity index (χ3n) is 4.37. The second-order valence-corrected chi connectivity index (χ2v) is 6.90. The van der Waals surface area contributed by atoms with E-state index in [1.807, 2.05) is 26.0 Å². The monoisotopic (exact) mass is 332 g/mol. The number of hydrogen-bond acceptors (Lipinski definition) is 3. The average Bonchev–Trinajstić information content (AvgIpc) is 2.94. The Morgan fingerprint density at radius 2 is 1.92 bits per heavy atom. The Kier molecular flexibility index (Phi) is 6.23. The molecule has 0 spiro atoms. The molecule has 0 unspecified atom stereocenters. The maximum Gasteiger partial charge on any atom is 0.225 e. The molecule has 1 heterocycles. The van der Waals surface area contributed by atoms with Gasteiger partial charge in [-0.3, -0.25) is 9.59 Å². The summed E-state index contributed by atoms with van der Waals surface area (Å²) in [6, 6.07) is 8.17. The number of carbonyl (C=O) groups is 2. The van der Waals surface area contributed by atoms with Crippen LogP contribution in [0.4, 0.5) is 0 Å². The van der Waals surface area contributed by atoms with Crippen molar-refractivity contribution < 1.29 is 14.3 Å². The van der Waals surface area contributed by atoms with Gasteiger partial charge in [-0.05, 0) is 37.5 Å². The molecule has 1 aromatic rings. The lowest BCUT2D eigenvalue weighted by atomic mass is 10.0.